The smallest absolute Gasteiger partial charge is 0.417 e. The zero-order valence-electron chi connectivity index (χ0n) is 25.0. The summed E-state index contributed by atoms with van der Waals surface area (Å²) >= 11 is 0. The zero-order chi connectivity index (χ0) is 33.1. The number of aromatic amines is 1. The van der Waals surface area contributed by atoms with Crippen molar-refractivity contribution in [2.24, 2.45) is 0 Å². The van der Waals surface area contributed by atoms with Crippen molar-refractivity contribution in [2.45, 2.75) is 24.8 Å². The van der Waals surface area contributed by atoms with Crippen LogP contribution in [0.3, 0.4) is 0 Å². The van der Waals surface area contributed by atoms with Crippen molar-refractivity contribution in [3.63, 3.8) is 0 Å². The number of anilines is 1. The highest BCUT2D eigenvalue weighted by Crippen LogP contribution is 2.36. The Morgan fingerprint density at radius 1 is 1.04 bits per heavy atom. The molecule has 4 rings (SSSR count). The lowest BCUT2D eigenvalue weighted by Gasteiger charge is -2.21. The van der Waals surface area contributed by atoms with Gasteiger partial charge in [-0.05, 0) is 29.7 Å². The van der Waals surface area contributed by atoms with Gasteiger partial charge in [-0.15, -0.1) is 0 Å². The molecule has 15 heteroatoms. The molecule has 0 radical (unpaired) electrons. The second-order valence-electron chi connectivity index (χ2n) is 10.3. The van der Waals surface area contributed by atoms with E-state index in [9.17, 15) is 27.6 Å². The van der Waals surface area contributed by atoms with Crippen molar-refractivity contribution in [2.75, 3.05) is 71.5 Å². The molecular weight excluding hydrogens is 617 g/mol. The number of aromatic nitrogens is 1. The molecule has 1 aliphatic heterocycles. The Labute approximate surface area is 261 Å². The first-order valence-electron chi connectivity index (χ1n) is 14.4. The van der Waals surface area contributed by atoms with Gasteiger partial charge in [0, 0.05) is 42.4 Å². The third-order valence-corrected chi connectivity index (χ3v) is 7.09. The Balaban J connectivity index is 1.37. The fourth-order valence-electron chi connectivity index (χ4n) is 4.87. The fraction of sp³-hybridized carbons (Fsp3) is 0.452. The number of carbonyl (C=O) groups is 2. The number of hydrogen-bond acceptors (Lipinski definition) is 10. The molecule has 250 valence electrons. The standard InChI is InChI=1S/C31H35F3N2O10/c1-41-8-9-42-10-11-43-12-13-44-23(18-45-30(40)29(38)39)16-22-17-36(19-46-22)21-7-6-20-14-27(35-28(37)25(20)15-21)24-4-2-3-5-26(24)31(32,33)34/h2-7,14-15,22-23H,8-13,16-19H2,1H3,(H,35,37)(H,38,39)/t22-,23?/m0/s1. The van der Waals surface area contributed by atoms with Gasteiger partial charge in [-0.25, -0.2) is 9.59 Å². The summed E-state index contributed by atoms with van der Waals surface area (Å²) in [6.45, 7) is 2.24. The van der Waals surface area contributed by atoms with Crippen molar-refractivity contribution >= 4 is 28.4 Å². The number of fused-ring (bicyclic) bond motifs is 1. The van der Waals surface area contributed by atoms with E-state index >= 15 is 0 Å². The molecule has 2 aromatic carbocycles. The molecule has 1 saturated heterocycles. The monoisotopic (exact) mass is 652 g/mol. The van der Waals surface area contributed by atoms with Crippen LogP contribution in [0, 0.1) is 0 Å². The summed E-state index contributed by atoms with van der Waals surface area (Å²) < 4.78 is 72.9. The van der Waals surface area contributed by atoms with Gasteiger partial charge < -0.3 is 43.4 Å². The number of hydrogen-bond donors (Lipinski definition) is 2. The fourth-order valence-corrected chi connectivity index (χ4v) is 4.87. The Hall–Kier alpha value is -4.02. The molecule has 1 aromatic heterocycles. The van der Waals surface area contributed by atoms with Crippen LogP contribution in [0.1, 0.15) is 12.0 Å². The van der Waals surface area contributed by atoms with Gasteiger partial charge in [0.1, 0.15) is 13.3 Å². The lowest BCUT2D eigenvalue weighted by molar-refractivity contribution is -0.167. The number of halogens is 3. The van der Waals surface area contributed by atoms with Crippen molar-refractivity contribution in [1.29, 1.82) is 0 Å². The predicted molar refractivity (Wildman–Crippen MR) is 159 cm³/mol. The third kappa shape index (κ3) is 9.74. The molecular formula is C31H35F3N2O10. The first-order chi connectivity index (χ1) is 22.1. The minimum absolute atomic E-state index is 0.0539. The second kappa shape index (κ2) is 16.5. The largest absolute Gasteiger partial charge is 0.473 e. The van der Waals surface area contributed by atoms with Crippen LogP contribution < -0.4 is 10.5 Å². The zero-order valence-corrected chi connectivity index (χ0v) is 25.0. The van der Waals surface area contributed by atoms with E-state index < -0.39 is 35.3 Å². The molecule has 2 heterocycles. The lowest BCUT2D eigenvalue weighted by atomic mass is 10.0. The van der Waals surface area contributed by atoms with E-state index in [1.807, 2.05) is 4.90 Å². The number of carboxylic acid groups (broad SMARTS) is 1. The molecule has 3 aromatic rings. The Kier molecular flexibility index (Phi) is 12.5. The maximum atomic E-state index is 13.6. The van der Waals surface area contributed by atoms with Gasteiger partial charge in [0.2, 0.25) is 0 Å². The highest BCUT2D eigenvalue weighted by Gasteiger charge is 2.34. The van der Waals surface area contributed by atoms with Crippen LogP contribution in [0.25, 0.3) is 22.0 Å². The van der Waals surface area contributed by atoms with E-state index in [0.717, 1.165) is 6.07 Å². The van der Waals surface area contributed by atoms with E-state index in [0.29, 0.717) is 49.4 Å². The minimum Gasteiger partial charge on any atom is -0.473 e. The van der Waals surface area contributed by atoms with Crippen LogP contribution in [0.5, 0.6) is 0 Å². The number of ether oxygens (including phenoxy) is 6. The van der Waals surface area contributed by atoms with E-state index in [2.05, 4.69) is 4.98 Å². The van der Waals surface area contributed by atoms with Crippen LogP contribution in [-0.2, 0) is 44.2 Å². The van der Waals surface area contributed by atoms with Gasteiger partial charge >= 0.3 is 18.1 Å². The topological polar surface area (TPSA) is 146 Å². The highest BCUT2D eigenvalue weighted by atomic mass is 19.4. The lowest BCUT2D eigenvalue weighted by Crippen LogP contribution is -2.31. The number of aliphatic carboxylic acids is 1. The molecule has 12 nitrogen and oxygen atoms in total. The summed E-state index contributed by atoms with van der Waals surface area (Å²) in [5.41, 5.74) is -0.811. The number of carboxylic acids is 1. The number of rotatable bonds is 16. The summed E-state index contributed by atoms with van der Waals surface area (Å²) in [6, 6.07) is 11.6. The maximum absolute atomic E-state index is 13.6. The van der Waals surface area contributed by atoms with Crippen molar-refractivity contribution in [3.05, 3.63) is 64.4 Å². The number of esters is 1. The first kappa shape index (κ1) is 34.8. The predicted octanol–water partition coefficient (Wildman–Crippen LogP) is 3.46. The number of pyridine rings is 1. The van der Waals surface area contributed by atoms with Crippen molar-refractivity contribution in [1.82, 2.24) is 4.98 Å². The number of alkyl halides is 3. The number of nitrogens with one attached hydrogen (secondary N) is 1. The SMILES string of the molecule is COCCOCCOCCOC(COC(=O)C(=O)O)C[C@H]1CN(c2ccc3cc(-c4ccccc4C(F)(F)F)[nH]c(=O)c3c2)CO1. The van der Waals surface area contributed by atoms with Crippen LogP contribution in [-0.4, -0.2) is 101 Å². The summed E-state index contributed by atoms with van der Waals surface area (Å²) in [5, 5.41) is 9.60. The first-order valence-corrected chi connectivity index (χ1v) is 14.4. The molecule has 1 fully saturated rings. The molecule has 0 amide bonds. The van der Waals surface area contributed by atoms with Gasteiger partial charge in [-0.1, -0.05) is 24.3 Å². The normalized spacial score (nSPS) is 15.7. The average Bonchev–Trinajstić information content (AvgIpc) is 3.50. The molecule has 0 saturated carbocycles. The second-order valence-corrected chi connectivity index (χ2v) is 10.3. The van der Waals surface area contributed by atoms with Gasteiger partial charge in [-0.3, -0.25) is 4.79 Å². The summed E-state index contributed by atoms with van der Waals surface area (Å²) in [7, 11) is 1.57. The number of methoxy groups -OCH3 is 1. The molecule has 2 atom stereocenters. The van der Waals surface area contributed by atoms with E-state index in [4.69, 9.17) is 33.5 Å². The molecule has 2 N–H and O–H groups in total. The van der Waals surface area contributed by atoms with Crippen molar-refractivity contribution < 1.29 is 56.3 Å². The molecule has 0 aliphatic carbocycles. The van der Waals surface area contributed by atoms with Crippen LogP contribution in [0.2, 0.25) is 0 Å². The van der Waals surface area contributed by atoms with E-state index in [-0.39, 0.29) is 50.3 Å². The summed E-state index contributed by atoms with van der Waals surface area (Å²) in [5.74, 6) is -3.12. The minimum atomic E-state index is -4.59. The van der Waals surface area contributed by atoms with Gasteiger partial charge in [0.05, 0.1) is 57.4 Å². The van der Waals surface area contributed by atoms with Crippen LogP contribution in [0.4, 0.5) is 18.9 Å². The average molecular weight is 653 g/mol. The highest BCUT2D eigenvalue weighted by molar-refractivity contribution is 6.28. The summed E-state index contributed by atoms with van der Waals surface area (Å²) in [6.07, 6.45) is -5.40. The van der Waals surface area contributed by atoms with Gasteiger partial charge in [0.15, 0.2) is 0 Å². The maximum Gasteiger partial charge on any atom is 0.417 e. The third-order valence-electron chi connectivity index (χ3n) is 7.09. The van der Waals surface area contributed by atoms with Gasteiger partial charge in [-0.2, -0.15) is 13.2 Å². The van der Waals surface area contributed by atoms with E-state index in [1.165, 1.54) is 24.3 Å². The van der Waals surface area contributed by atoms with E-state index in [1.54, 1.807) is 25.3 Å². The molecule has 1 aliphatic rings. The summed E-state index contributed by atoms with van der Waals surface area (Å²) in [4.78, 5) is 39.8. The van der Waals surface area contributed by atoms with Crippen LogP contribution in [0.15, 0.2) is 53.3 Å². The number of H-pyrrole nitrogens is 1. The van der Waals surface area contributed by atoms with Crippen molar-refractivity contribution in [3.8, 4) is 11.3 Å². The Morgan fingerprint density at radius 3 is 2.48 bits per heavy atom. The quantitative estimate of drug-likeness (QED) is 0.133. The van der Waals surface area contributed by atoms with Gasteiger partial charge in [0.25, 0.3) is 5.56 Å². The number of benzene rings is 2. The molecule has 46 heavy (non-hydrogen) atoms. The van der Waals surface area contributed by atoms with Crippen LogP contribution >= 0.6 is 0 Å². The number of carbonyl (C=O) groups excluding carboxylic acids is 1. The Bertz CT molecular complexity index is 1530. The number of nitrogens with zero attached hydrogens (tertiary/aromatic N) is 1. The molecule has 0 bridgehead atoms. The molecule has 1 unspecified atom stereocenters. The molecule has 0 spiro atoms. The Morgan fingerprint density at radius 2 is 1.76 bits per heavy atom.